The lowest BCUT2D eigenvalue weighted by Crippen LogP contribution is -2.67. The standard InChI is InChI=1S/C17H30N4O2S2/c1-25(22,23)14-6-4-12(5-7-14)16-11-19-15(9-18)17(21-16)20-10-13-3-2-8-24-13/h12-17,19-21H,2-8,10-11H2,1H3. The van der Waals surface area contributed by atoms with Crippen molar-refractivity contribution in [2.45, 2.75) is 67.3 Å². The molecule has 4 unspecified atom stereocenters. The summed E-state index contributed by atoms with van der Waals surface area (Å²) < 4.78 is 23.5. The van der Waals surface area contributed by atoms with Crippen LogP contribution in [0.15, 0.2) is 0 Å². The van der Waals surface area contributed by atoms with Gasteiger partial charge in [-0.05, 0) is 50.2 Å². The fourth-order valence-corrected chi connectivity index (χ4v) is 6.68. The number of piperazine rings is 1. The minimum atomic E-state index is -2.92. The van der Waals surface area contributed by atoms with Gasteiger partial charge in [0.1, 0.15) is 15.9 Å². The molecule has 0 aromatic carbocycles. The second-order valence-electron chi connectivity index (χ2n) is 7.68. The fourth-order valence-electron chi connectivity index (χ4n) is 4.34. The van der Waals surface area contributed by atoms with E-state index in [2.05, 4.69) is 22.0 Å². The van der Waals surface area contributed by atoms with E-state index in [0.29, 0.717) is 17.2 Å². The molecular weight excluding hydrogens is 356 g/mol. The third-order valence-electron chi connectivity index (χ3n) is 5.91. The molecule has 0 aromatic heterocycles. The molecular formula is C17H30N4O2S2. The Morgan fingerprint density at radius 1 is 1.24 bits per heavy atom. The van der Waals surface area contributed by atoms with E-state index < -0.39 is 9.84 Å². The smallest absolute Gasteiger partial charge is 0.150 e. The lowest BCUT2D eigenvalue weighted by molar-refractivity contribution is 0.185. The van der Waals surface area contributed by atoms with E-state index in [1.54, 1.807) is 0 Å². The lowest BCUT2D eigenvalue weighted by Gasteiger charge is -2.41. The third kappa shape index (κ3) is 5.10. The van der Waals surface area contributed by atoms with Gasteiger partial charge < -0.3 is 0 Å². The van der Waals surface area contributed by atoms with Gasteiger partial charge in [0.15, 0.2) is 0 Å². The molecule has 6 nitrogen and oxygen atoms in total. The highest BCUT2D eigenvalue weighted by Crippen LogP contribution is 2.31. The van der Waals surface area contributed by atoms with Gasteiger partial charge in [0.2, 0.25) is 0 Å². The highest BCUT2D eigenvalue weighted by Gasteiger charge is 2.37. The van der Waals surface area contributed by atoms with Gasteiger partial charge in [0.25, 0.3) is 0 Å². The minimum absolute atomic E-state index is 0.0300. The van der Waals surface area contributed by atoms with E-state index in [0.717, 1.165) is 38.8 Å². The SMILES string of the molecule is CS(=O)(=O)C1CCC(C2CNC(C#N)C(NCC3CCCS3)N2)CC1. The van der Waals surface area contributed by atoms with Gasteiger partial charge in [-0.15, -0.1) is 0 Å². The Labute approximate surface area is 155 Å². The van der Waals surface area contributed by atoms with Gasteiger partial charge in [-0.3, -0.25) is 16.0 Å². The summed E-state index contributed by atoms with van der Waals surface area (Å²) in [7, 11) is -2.92. The van der Waals surface area contributed by atoms with Crippen LogP contribution in [0.5, 0.6) is 0 Å². The Kier molecular flexibility index (Phi) is 6.66. The molecule has 0 spiro atoms. The van der Waals surface area contributed by atoms with Crippen molar-refractivity contribution in [3.05, 3.63) is 0 Å². The molecule has 0 amide bonds. The summed E-state index contributed by atoms with van der Waals surface area (Å²) in [5.74, 6) is 1.73. The van der Waals surface area contributed by atoms with Crippen LogP contribution in [0.25, 0.3) is 0 Å². The first-order valence-electron chi connectivity index (χ1n) is 9.40. The zero-order valence-electron chi connectivity index (χ0n) is 14.9. The number of nitrogens with one attached hydrogen (secondary N) is 3. The maximum atomic E-state index is 11.7. The molecule has 2 heterocycles. The first-order chi connectivity index (χ1) is 12.0. The number of nitriles is 1. The van der Waals surface area contributed by atoms with Gasteiger partial charge in [0.05, 0.1) is 17.5 Å². The molecule has 1 saturated carbocycles. The molecule has 0 bridgehead atoms. The Morgan fingerprint density at radius 2 is 2.00 bits per heavy atom. The molecule has 0 radical (unpaired) electrons. The predicted octanol–water partition coefficient (Wildman–Crippen LogP) is 0.855. The second kappa shape index (κ2) is 8.57. The molecule has 3 aliphatic rings. The number of rotatable bonds is 5. The first-order valence-corrected chi connectivity index (χ1v) is 12.4. The molecule has 142 valence electrons. The quantitative estimate of drug-likeness (QED) is 0.645. The van der Waals surface area contributed by atoms with Crippen LogP contribution in [-0.2, 0) is 9.84 Å². The summed E-state index contributed by atoms with van der Waals surface area (Å²) in [4.78, 5) is 0. The van der Waals surface area contributed by atoms with Crippen molar-refractivity contribution in [3.8, 4) is 6.07 Å². The molecule has 2 aliphatic heterocycles. The largest absolute Gasteiger partial charge is 0.299 e. The molecule has 25 heavy (non-hydrogen) atoms. The topological polar surface area (TPSA) is 94.0 Å². The van der Waals surface area contributed by atoms with Crippen LogP contribution in [0.3, 0.4) is 0 Å². The molecule has 4 atom stereocenters. The highest BCUT2D eigenvalue weighted by molar-refractivity contribution is 8.00. The van der Waals surface area contributed by atoms with Crippen LogP contribution in [0.2, 0.25) is 0 Å². The van der Waals surface area contributed by atoms with Gasteiger partial charge >= 0.3 is 0 Å². The second-order valence-corrected chi connectivity index (χ2v) is 11.4. The molecule has 3 fully saturated rings. The molecule has 3 N–H and O–H groups in total. The van der Waals surface area contributed by atoms with Crippen LogP contribution in [-0.4, -0.2) is 62.3 Å². The van der Waals surface area contributed by atoms with Crippen LogP contribution < -0.4 is 16.0 Å². The summed E-state index contributed by atoms with van der Waals surface area (Å²) in [6.45, 7) is 1.72. The van der Waals surface area contributed by atoms with Crippen LogP contribution in [0, 0.1) is 17.2 Å². The summed E-state index contributed by atoms with van der Waals surface area (Å²) in [6, 6.07) is 2.45. The van der Waals surface area contributed by atoms with E-state index in [4.69, 9.17) is 0 Å². The van der Waals surface area contributed by atoms with Crippen LogP contribution in [0.1, 0.15) is 38.5 Å². The maximum Gasteiger partial charge on any atom is 0.150 e. The van der Waals surface area contributed by atoms with Crippen molar-refractivity contribution in [2.24, 2.45) is 5.92 Å². The molecule has 8 heteroatoms. The minimum Gasteiger partial charge on any atom is -0.299 e. The van der Waals surface area contributed by atoms with Crippen molar-refractivity contribution in [1.29, 1.82) is 5.26 Å². The Bertz CT molecular complexity index is 578. The number of thioether (sulfide) groups is 1. The Hall–Kier alpha value is -0.330. The summed E-state index contributed by atoms with van der Waals surface area (Å²) >= 11 is 2.02. The van der Waals surface area contributed by atoms with E-state index in [1.165, 1.54) is 24.9 Å². The number of nitrogens with zero attached hydrogens (tertiary/aromatic N) is 1. The zero-order valence-corrected chi connectivity index (χ0v) is 16.5. The van der Waals surface area contributed by atoms with Gasteiger partial charge in [0, 0.05) is 30.6 Å². The number of sulfone groups is 1. The summed E-state index contributed by atoms with van der Waals surface area (Å²) in [5.41, 5.74) is 0. The van der Waals surface area contributed by atoms with Crippen molar-refractivity contribution in [2.75, 3.05) is 25.1 Å². The van der Waals surface area contributed by atoms with Crippen LogP contribution in [0.4, 0.5) is 0 Å². The number of hydrogen-bond acceptors (Lipinski definition) is 7. The average molecular weight is 387 g/mol. The van der Waals surface area contributed by atoms with Crippen molar-refractivity contribution in [1.82, 2.24) is 16.0 Å². The summed E-state index contributed by atoms with van der Waals surface area (Å²) in [5, 5.41) is 20.5. The normalized spacial score (nSPS) is 39.8. The van der Waals surface area contributed by atoms with Crippen molar-refractivity contribution < 1.29 is 8.42 Å². The van der Waals surface area contributed by atoms with E-state index in [-0.39, 0.29) is 17.5 Å². The van der Waals surface area contributed by atoms with Gasteiger partial charge in [-0.1, -0.05) is 0 Å². The Morgan fingerprint density at radius 3 is 2.60 bits per heavy atom. The van der Waals surface area contributed by atoms with E-state index >= 15 is 0 Å². The van der Waals surface area contributed by atoms with E-state index in [1.807, 2.05) is 11.8 Å². The average Bonchev–Trinajstić information content (AvgIpc) is 3.12. The predicted molar refractivity (Wildman–Crippen MR) is 102 cm³/mol. The Balaban J connectivity index is 1.52. The monoisotopic (exact) mass is 386 g/mol. The lowest BCUT2D eigenvalue weighted by atomic mass is 9.82. The van der Waals surface area contributed by atoms with E-state index in [9.17, 15) is 13.7 Å². The maximum absolute atomic E-state index is 11.7. The van der Waals surface area contributed by atoms with Crippen LogP contribution >= 0.6 is 11.8 Å². The molecule has 1 aliphatic carbocycles. The number of hydrogen-bond donors (Lipinski definition) is 3. The summed E-state index contributed by atoms with van der Waals surface area (Å²) in [6.07, 6.45) is 7.29. The molecule has 2 saturated heterocycles. The first kappa shape index (κ1) is 19.4. The zero-order chi connectivity index (χ0) is 17.9. The fraction of sp³-hybridized carbons (Fsp3) is 0.941. The van der Waals surface area contributed by atoms with Gasteiger partial charge in [-0.2, -0.15) is 17.0 Å². The van der Waals surface area contributed by atoms with Crippen molar-refractivity contribution in [3.63, 3.8) is 0 Å². The molecule has 0 aromatic rings. The third-order valence-corrected chi connectivity index (χ3v) is 8.99. The molecule has 3 rings (SSSR count). The van der Waals surface area contributed by atoms with Gasteiger partial charge in [-0.25, -0.2) is 8.42 Å². The van der Waals surface area contributed by atoms with Crippen molar-refractivity contribution >= 4 is 21.6 Å². The highest BCUT2D eigenvalue weighted by atomic mass is 32.2.